The third-order valence-electron chi connectivity index (χ3n) is 5.32. The Morgan fingerprint density at radius 2 is 2.00 bits per heavy atom. The van der Waals surface area contributed by atoms with Gasteiger partial charge in [-0.2, -0.15) is 4.31 Å². The third-order valence-corrected chi connectivity index (χ3v) is 7.72. The SMILES string of the molecule is CC1=CCCC1CC(=O)Cc1ccc(Cl)c(S(=O)(=O)N2CCCC2)c1O. The normalized spacial score (nSPS) is 21.2. The van der Waals surface area contributed by atoms with Gasteiger partial charge in [0.05, 0.1) is 5.02 Å². The van der Waals surface area contributed by atoms with Crippen molar-refractivity contribution >= 4 is 27.4 Å². The molecule has 0 radical (unpaired) electrons. The largest absolute Gasteiger partial charge is 0.506 e. The van der Waals surface area contributed by atoms with Gasteiger partial charge in [-0.25, -0.2) is 8.42 Å². The highest BCUT2D eigenvalue weighted by molar-refractivity contribution is 7.89. The van der Waals surface area contributed by atoms with Gasteiger partial charge in [0, 0.05) is 31.5 Å². The second-order valence-electron chi connectivity index (χ2n) is 7.14. The van der Waals surface area contributed by atoms with Gasteiger partial charge >= 0.3 is 0 Å². The fourth-order valence-electron chi connectivity index (χ4n) is 3.76. The first-order chi connectivity index (χ1) is 12.3. The van der Waals surface area contributed by atoms with Gasteiger partial charge in [-0.1, -0.05) is 29.3 Å². The van der Waals surface area contributed by atoms with E-state index in [0.717, 1.165) is 25.7 Å². The van der Waals surface area contributed by atoms with Gasteiger partial charge in [-0.15, -0.1) is 0 Å². The van der Waals surface area contributed by atoms with Crippen LogP contribution in [0.15, 0.2) is 28.7 Å². The Morgan fingerprint density at radius 1 is 1.31 bits per heavy atom. The van der Waals surface area contributed by atoms with E-state index in [1.54, 1.807) is 0 Å². The molecule has 1 unspecified atom stereocenters. The van der Waals surface area contributed by atoms with E-state index in [-0.39, 0.29) is 28.0 Å². The van der Waals surface area contributed by atoms with Crippen LogP contribution in [-0.2, 0) is 21.2 Å². The van der Waals surface area contributed by atoms with Crippen molar-refractivity contribution in [3.05, 3.63) is 34.4 Å². The highest BCUT2D eigenvalue weighted by Gasteiger charge is 2.33. The monoisotopic (exact) mass is 397 g/mol. The number of rotatable bonds is 6. The average molecular weight is 398 g/mol. The molecule has 142 valence electrons. The molecule has 1 saturated heterocycles. The van der Waals surface area contributed by atoms with Crippen molar-refractivity contribution in [2.24, 2.45) is 5.92 Å². The number of hydrogen-bond acceptors (Lipinski definition) is 4. The van der Waals surface area contributed by atoms with Crippen LogP contribution in [0.4, 0.5) is 0 Å². The number of benzene rings is 1. The first-order valence-electron chi connectivity index (χ1n) is 8.99. The summed E-state index contributed by atoms with van der Waals surface area (Å²) in [7, 11) is -3.86. The molecule has 1 atom stereocenters. The number of sulfonamides is 1. The van der Waals surface area contributed by atoms with E-state index in [4.69, 9.17) is 11.6 Å². The Hall–Kier alpha value is -1.37. The summed E-state index contributed by atoms with van der Waals surface area (Å²) in [5, 5.41) is 10.6. The van der Waals surface area contributed by atoms with Gasteiger partial charge in [-0.05, 0) is 44.6 Å². The first-order valence-corrected chi connectivity index (χ1v) is 10.8. The molecular formula is C19H24ClNO4S. The van der Waals surface area contributed by atoms with Crippen molar-refractivity contribution in [3.63, 3.8) is 0 Å². The molecule has 0 bridgehead atoms. The predicted octanol–water partition coefficient (Wildman–Crippen LogP) is 3.69. The summed E-state index contributed by atoms with van der Waals surface area (Å²) in [4.78, 5) is 12.2. The maximum atomic E-state index is 12.8. The Morgan fingerprint density at radius 3 is 2.62 bits per heavy atom. The van der Waals surface area contributed by atoms with Gasteiger partial charge in [-0.3, -0.25) is 4.79 Å². The van der Waals surface area contributed by atoms with Crippen LogP contribution in [0.2, 0.25) is 5.02 Å². The van der Waals surface area contributed by atoms with Crippen LogP contribution in [0, 0.1) is 5.92 Å². The molecule has 2 aliphatic rings. The van der Waals surface area contributed by atoms with Gasteiger partial charge in [0.2, 0.25) is 10.0 Å². The molecule has 7 heteroatoms. The van der Waals surface area contributed by atoms with E-state index in [2.05, 4.69) is 6.08 Å². The number of carbonyl (C=O) groups excluding carboxylic acids is 1. The molecule has 1 aromatic rings. The third kappa shape index (κ3) is 3.82. The lowest BCUT2D eigenvalue weighted by atomic mass is 9.93. The molecule has 0 saturated carbocycles. The summed E-state index contributed by atoms with van der Waals surface area (Å²) >= 11 is 6.10. The fraction of sp³-hybridized carbons (Fsp3) is 0.526. The smallest absolute Gasteiger partial charge is 0.248 e. The summed E-state index contributed by atoms with van der Waals surface area (Å²) in [6.45, 7) is 2.88. The van der Waals surface area contributed by atoms with E-state index in [1.807, 2.05) is 6.92 Å². The van der Waals surface area contributed by atoms with Crippen molar-refractivity contribution < 1.29 is 18.3 Å². The Kier molecular flexibility index (Phi) is 5.75. The van der Waals surface area contributed by atoms with Gasteiger partial charge < -0.3 is 5.11 Å². The van der Waals surface area contributed by atoms with Crippen LogP contribution in [-0.4, -0.2) is 36.7 Å². The van der Waals surface area contributed by atoms with E-state index in [9.17, 15) is 18.3 Å². The maximum absolute atomic E-state index is 12.8. The highest BCUT2D eigenvalue weighted by atomic mass is 35.5. The van der Waals surface area contributed by atoms with Gasteiger partial charge in [0.25, 0.3) is 0 Å². The van der Waals surface area contributed by atoms with Crippen LogP contribution in [0.5, 0.6) is 5.75 Å². The molecule has 0 aromatic heterocycles. The van der Waals surface area contributed by atoms with E-state index in [1.165, 1.54) is 22.0 Å². The van der Waals surface area contributed by atoms with Crippen LogP contribution in [0.1, 0.15) is 44.6 Å². The van der Waals surface area contributed by atoms with E-state index in [0.29, 0.717) is 25.1 Å². The second-order valence-corrected chi connectivity index (χ2v) is 9.42. The Bertz CT molecular complexity index is 841. The van der Waals surface area contributed by atoms with E-state index < -0.39 is 15.8 Å². The summed E-state index contributed by atoms with van der Waals surface area (Å²) < 4.78 is 27.0. The standard InChI is InChI=1S/C19H24ClNO4S/c1-13-5-4-6-14(13)11-16(22)12-15-7-8-17(20)19(18(15)23)26(24,25)21-9-2-3-10-21/h5,7-8,14,23H,2-4,6,9-12H2,1H3. The fourth-order valence-corrected chi connectivity index (χ4v) is 5.89. The van der Waals surface area contributed by atoms with Crippen molar-refractivity contribution in [1.29, 1.82) is 0 Å². The minimum atomic E-state index is -3.86. The lowest BCUT2D eigenvalue weighted by Gasteiger charge is -2.19. The zero-order chi connectivity index (χ0) is 18.9. The minimum Gasteiger partial charge on any atom is -0.506 e. The zero-order valence-electron chi connectivity index (χ0n) is 14.9. The number of allylic oxidation sites excluding steroid dienone is 2. The summed E-state index contributed by atoms with van der Waals surface area (Å²) in [6.07, 6.45) is 6.13. The maximum Gasteiger partial charge on any atom is 0.248 e. The number of Topliss-reactive ketones (excluding diaryl/α,β-unsaturated/α-hetero) is 1. The van der Waals surface area contributed by atoms with Crippen LogP contribution in [0.25, 0.3) is 0 Å². The zero-order valence-corrected chi connectivity index (χ0v) is 16.4. The lowest BCUT2D eigenvalue weighted by molar-refractivity contribution is -0.119. The number of phenols is 1. The van der Waals surface area contributed by atoms with Crippen LogP contribution in [0.3, 0.4) is 0 Å². The molecule has 1 N–H and O–H groups in total. The average Bonchev–Trinajstić information content (AvgIpc) is 3.23. The molecule has 3 rings (SSSR count). The number of carbonyl (C=O) groups is 1. The molecule has 1 heterocycles. The number of aromatic hydroxyl groups is 1. The number of halogens is 1. The molecule has 0 spiro atoms. The second kappa shape index (κ2) is 7.71. The number of ketones is 1. The van der Waals surface area contributed by atoms with E-state index >= 15 is 0 Å². The minimum absolute atomic E-state index is 0.00760. The Labute approximate surface area is 159 Å². The summed E-state index contributed by atoms with van der Waals surface area (Å²) in [5.74, 6) is -0.145. The highest BCUT2D eigenvalue weighted by Crippen LogP contribution is 2.37. The molecule has 1 aliphatic carbocycles. The molecule has 1 aliphatic heterocycles. The molecule has 26 heavy (non-hydrogen) atoms. The van der Waals surface area contributed by atoms with Gasteiger partial charge in [0.15, 0.2) is 0 Å². The lowest BCUT2D eigenvalue weighted by Crippen LogP contribution is -2.28. The number of hydrogen-bond donors (Lipinski definition) is 1. The van der Waals surface area contributed by atoms with Gasteiger partial charge in [0.1, 0.15) is 16.4 Å². The van der Waals surface area contributed by atoms with Crippen LogP contribution >= 0.6 is 11.6 Å². The van der Waals surface area contributed by atoms with Crippen LogP contribution < -0.4 is 0 Å². The van der Waals surface area contributed by atoms with Crippen molar-refractivity contribution in [2.75, 3.05) is 13.1 Å². The Balaban J connectivity index is 1.83. The van der Waals surface area contributed by atoms with Crippen molar-refractivity contribution in [1.82, 2.24) is 4.31 Å². The summed E-state index contributed by atoms with van der Waals surface area (Å²) in [6, 6.07) is 2.99. The topological polar surface area (TPSA) is 74.7 Å². The predicted molar refractivity (Wildman–Crippen MR) is 101 cm³/mol. The molecule has 0 amide bonds. The summed E-state index contributed by atoms with van der Waals surface area (Å²) in [5.41, 5.74) is 1.55. The molecular weight excluding hydrogens is 374 g/mol. The molecule has 1 fully saturated rings. The quantitative estimate of drug-likeness (QED) is 0.743. The molecule has 5 nitrogen and oxygen atoms in total. The first kappa shape index (κ1) is 19.4. The van der Waals surface area contributed by atoms with Crippen molar-refractivity contribution in [2.45, 2.75) is 50.3 Å². The number of nitrogens with zero attached hydrogens (tertiary/aromatic N) is 1. The number of phenolic OH excluding ortho intramolecular Hbond substituents is 1. The van der Waals surface area contributed by atoms with Crippen molar-refractivity contribution in [3.8, 4) is 5.75 Å². The molecule has 1 aromatic carbocycles.